The summed E-state index contributed by atoms with van der Waals surface area (Å²) < 4.78 is 12.3. The molecule has 0 aromatic heterocycles. The molecule has 0 saturated heterocycles. The monoisotopic (exact) mass is 588 g/mol. The van der Waals surface area contributed by atoms with Gasteiger partial charge in [-0.3, -0.25) is 10.1 Å². The third-order valence-corrected chi connectivity index (χ3v) is 7.20. The fraction of sp³-hybridized carbons (Fsp3) is 0.258. The molecule has 2 amide bonds. The Bertz CT molecular complexity index is 1510. The average Bonchev–Trinajstić information content (AvgIpc) is 3.06. The van der Waals surface area contributed by atoms with Gasteiger partial charge >= 0.3 is 12.1 Å². The highest BCUT2D eigenvalue weighted by molar-refractivity contribution is 9.10. The van der Waals surface area contributed by atoms with Gasteiger partial charge in [0.2, 0.25) is 5.60 Å². The molecule has 0 unspecified atom stereocenters. The lowest BCUT2D eigenvalue weighted by atomic mass is 9.82. The van der Waals surface area contributed by atoms with Crippen LogP contribution in [0.1, 0.15) is 50.8 Å². The molecule has 1 spiro atoms. The normalized spacial score (nSPS) is 18.7. The van der Waals surface area contributed by atoms with Gasteiger partial charge in [-0.2, -0.15) is 0 Å². The predicted octanol–water partition coefficient (Wildman–Crippen LogP) is 6.96. The Hall–Kier alpha value is -3.91. The van der Waals surface area contributed by atoms with Crippen molar-refractivity contribution in [3.8, 4) is 0 Å². The number of para-hydroxylation sites is 1. The second-order valence-electron chi connectivity index (χ2n) is 10.8. The van der Waals surface area contributed by atoms with Crippen molar-refractivity contribution in [2.24, 2.45) is 0 Å². The largest absolute Gasteiger partial charge is 0.444 e. The number of nitrogens with one attached hydrogen (secondary N) is 1. The number of rotatable bonds is 4. The summed E-state index contributed by atoms with van der Waals surface area (Å²) in [4.78, 5) is 42.0. The molecule has 1 N–H and O–H groups in total. The minimum absolute atomic E-state index is 0.183. The van der Waals surface area contributed by atoms with Gasteiger partial charge in [0.25, 0.3) is 5.91 Å². The van der Waals surface area contributed by atoms with Crippen molar-refractivity contribution in [1.82, 2.24) is 0 Å². The van der Waals surface area contributed by atoms with Crippen molar-refractivity contribution >= 4 is 50.8 Å². The van der Waals surface area contributed by atoms with Gasteiger partial charge in [-0.25, -0.2) is 9.59 Å². The summed E-state index contributed by atoms with van der Waals surface area (Å²) in [6, 6.07) is 22.3. The maximum absolute atomic E-state index is 14.1. The summed E-state index contributed by atoms with van der Waals surface area (Å²) in [5.41, 5.74) is 2.08. The molecular weight excluding hydrogens is 560 g/mol. The Morgan fingerprint density at radius 3 is 2.44 bits per heavy atom. The summed E-state index contributed by atoms with van der Waals surface area (Å²) in [5, 5.41) is 2.75. The lowest BCUT2D eigenvalue weighted by Gasteiger charge is -2.34. The van der Waals surface area contributed by atoms with Crippen LogP contribution in [0.4, 0.5) is 16.2 Å². The summed E-state index contributed by atoms with van der Waals surface area (Å²) in [6.45, 7) is 7.51. The molecule has 0 fully saturated rings. The molecule has 2 aliphatic heterocycles. The highest BCUT2D eigenvalue weighted by atomic mass is 79.9. The summed E-state index contributed by atoms with van der Waals surface area (Å²) in [6.07, 6.45) is -0.447. The van der Waals surface area contributed by atoms with Crippen LogP contribution in [0, 0.1) is 0 Å². The van der Waals surface area contributed by atoms with Crippen LogP contribution in [-0.2, 0) is 31.2 Å². The summed E-state index contributed by atoms with van der Waals surface area (Å²) >= 11 is 3.52. The van der Waals surface area contributed by atoms with Gasteiger partial charge in [0.1, 0.15) is 5.60 Å². The highest BCUT2D eigenvalue weighted by Gasteiger charge is 2.56. The van der Waals surface area contributed by atoms with Gasteiger partial charge in [0.05, 0.1) is 23.5 Å². The number of fused-ring (bicyclic) bond motifs is 2. The van der Waals surface area contributed by atoms with E-state index in [1.807, 2.05) is 55.5 Å². The Labute approximate surface area is 235 Å². The third-order valence-electron chi connectivity index (χ3n) is 6.70. The highest BCUT2D eigenvalue weighted by Crippen LogP contribution is 2.51. The van der Waals surface area contributed by atoms with Gasteiger partial charge in [-0.05, 0) is 57.5 Å². The first-order chi connectivity index (χ1) is 18.5. The van der Waals surface area contributed by atoms with Crippen molar-refractivity contribution < 1.29 is 23.9 Å². The van der Waals surface area contributed by atoms with E-state index in [0.29, 0.717) is 40.2 Å². The predicted molar refractivity (Wildman–Crippen MR) is 153 cm³/mol. The van der Waals surface area contributed by atoms with E-state index >= 15 is 0 Å². The van der Waals surface area contributed by atoms with Crippen LogP contribution >= 0.6 is 15.9 Å². The molecule has 0 bridgehead atoms. The number of carbonyl (C=O) groups is 3. The van der Waals surface area contributed by atoms with Crippen LogP contribution in [0.3, 0.4) is 0 Å². The number of hydrogen-bond donors (Lipinski definition) is 1. The van der Waals surface area contributed by atoms with E-state index in [9.17, 15) is 14.4 Å². The number of anilines is 2. The topological polar surface area (TPSA) is 84.9 Å². The molecule has 39 heavy (non-hydrogen) atoms. The number of nitrogens with zero attached hydrogens (tertiary/aromatic N) is 1. The molecule has 200 valence electrons. The van der Waals surface area contributed by atoms with Crippen LogP contribution in [0.15, 0.2) is 82.8 Å². The maximum atomic E-state index is 14.1. The molecule has 2 heterocycles. The van der Waals surface area contributed by atoms with Gasteiger partial charge in [-0.1, -0.05) is 70.0 Å². The molecule has 8 heteroatoms. The Kier molecular flexibility index (Phi) is 6.84. The van der Waals surface area contributed by atoms with Crippen LogP contribution in [-0.4, -0.2) is 23.6 Å². The lowest BCUT2D eigenvalue weighted by Crippen LogP contribution is -2.46. The van der Waals surface area contributed by atoms with Crippen molar-refractivity contribution in [2.75, 3.05) is 10.2 Å². The SMILES string of the molecule is CC1=C(c2ccccc2NC(=O)OC(C)(C)C)C(=O)O[C@]2(C1)C(=O)N(Cc1ccccc1)c1ccc(Br)cc12. The number of amides is 2. The third kappa shape index (κ3) is 5.08. The maximum Gasteiger partial charge on any atom is 0.412 e. The molecule has 3 aromatic carbocycles. The molecule has 2 aliphatic rings. The molecule has 0 aliphatic carbocycles. The minimum Gasteiger partial charge on any atom is -0.444 e. The Morgan fingerprint density at radius 2 is 1.74 bits per heavy atom. The zero-order valence-corrected chi connectivity index (χ0v) is 23.8. The van der Waals surface area contributed by atoms with E-state index < -0.39 is 23.3 Å². The number of hydrogen-bond acceptors (Lipinski definition) is 5. The molecule has 0 saturated carbocycles. The fourth-order valence-electron chi connectivity index (χ4n) is 5.15. The average molecular weight is 589 g/mol. The number of esters is 1. The van der Waals surface area contributed by atoms with E-state index in [-0.39, 0.29) is 12.3 Å². The number of carbonyl (C=O) groups excluding carboxylic acids is 3. The van der Waals surface area contributed by atoms with E-state index in [4.69, 9.17) is 9.47 Å². The molecule has 3 aromatic rings. The van der Waals surface area contributed by atoms with Crippen LogP contribution in [0.25, 0.3) is 5.57 Å². The van der Waals surface area contributed by atoms with Gasteiger partial charge < -0.3 is 14.4 Å². The first-order valence-electron chi connectivity index (χ1n) is 12.7. The second kappa shape index (κ2) is 10.0. The van der Waals surface area contributed by atoms with Crippen LogP contribution in [0.2, 0.25) is 0 Å². The second-order valence-corrected chi connectivity index (χ2v) is 11.7. The Morgan fingerprint density at radius 1 is 1.05 bits per heavy atom. The zero-order valence-electron chi connectivity index (χ0n) is 22.2. The standard InChI is InChI=1S/C31H29BrN2O5/c1-19-17-31(23-16-21(32)14-15-25(23)34(28(31)36)18-20-10-6-5-7-11-20)38-27(35)26(19)22-12-8-9-13-24(22)33-29(37)39-30(2,3)4/h5-16H,17-18H2,1-4H3,(H,33,37)/t31-/m0/s1. The Balaban J connectivity index is 1.53. The molecule has 5 rings (SSSR count). The van der Waals surface area contributed by atoms with Crippen molar-refractivity contribution in [1.29, 1.82) is 0 Å². The number of benzene rings is 3. The van der Waals surface area contributed by atoms with Crippen LogP contribution in [0.5, 0.6) is 0 Å². The fourth-order valence-corrected chi connectivity index (χ4v) is 5.51. The smallest absolute Gasteiger partial charge is 0.412 e. The quantitative estimate of drug-likeness (QED) is 0.333. The first kappa shape index (κ1) is 26.7. The van der Waals surface area contributed by atoms with Gasteiger partial charge in [0.15, 0.2) is 0 Å². The van der Waals surface area contributed by atoms with Gasteiger partial charge in [0, 0.05) is 22.0 Å². The molecular formula is C31H29BrN2O5. The van der Waals surface area contributed by atoms with E-state index in [2.05, 4.69) is 21.2 Å². The summed E-state index contributed by atoms with van der Waals surface area (Å²) in [5.74, 6) is -0.913. The summed E-state index contributed by atoms with van der Waals surface area (Å²) in [7, 11) is 0. The van der Waals surface area contributed by atoms with Crippen LogP contribution < -0.4 is 10.2 Å². The van der Waals surface area contributed by atoms with E-state index in [1.165, 1.54) is 0 Å². The minimum atomic E-state index is -1.48. The number of halogens is 1. The van der Waals surface area contributed by atoms with E-state index in [1.54, 1.807) is 49.9 Å². The lowest BCUT2D eigenvalue weighted by molar-refractivity contribution is -0.163. The molecule has 7 nitrogen and oxygen atoms in total. The molecule has 1 atom stereocenters. The number of ether oxygens (including phenoxy) is 2. The zero-order chi connectivity index (χ0) is 27.9. The first-order valence-corrected chi connectivity index (χ1v) is 13.5. The van der Waals surface area contributed by atoms with E-state index in [0.717, 1.165) is 10.0 Å². The van der Waals surface area contributed by atoms with Crippen molar-refractivity contribution in [3.63, 3.8) is 0 Å². The molecule has 0 radical (unpaired) electrons. The van der Waals surface area contributed by atoms with Gasteiger partial charge in [-0.15, -0.1) is 0 Å². The van der Waals surface area contributed by atoms with Crippen molar-refractivity contribution in [3.05, 3.63) is 99.5 Å². The van der Waals surface area contributed by atoms with Crippen molar-refractivity contribution in [2.45, 2.75) is 51.9 Å².